The topological polar surface area (TPSA) is 25.8 Å². The van der Waals surface area contributed by atoms with Gasteiger partial charge in [-0.1, -0.05) is 17.7 Å². The molecule has 0 unspecified atom stereocenters. The van der Waals surface area contributed by atoms with Gasteiger partial charge in [0.2, 0.25) is 0 Å². The lowest BCUT2D eigenvalue weighted by Gasteiger charge is -1.93. The second-order valence-corrected chi connectivity index (χ2v) is 2.67. The minimum absolute atomic E-state index is 0.693. The van der Waals surface area contributed by atoms with Gasteiger partial charge >= 0.3 is 0 Å². The normalized spacial score (nSPS) is 10.3. The molecule has 0 aliphatic rings. The van der Waals surface area contributed by atoms with E-state index in [0.29, 0.717) is 5.02 Å². The number of aromatic nitrogens is 2. The molecule has 0 bridgehead atoms. The molecule has 3 heteroatoms. The van der Waals surface area contributed by atoms with Crippen LogP contribution in [0.3, 0.4) is 0 Å². The Balaban J connectivity index is 2.83. The van der Waals surface area contributed by atoms with Gasteiger partial charge in [-0.25, -0.2) is 0 Å². The van der Waals surface area contributed by atoms with Crippen molar-refractivity contribution >= 4 is 22.5 Å². The van der Waals surface area contributed by atoms with Gasteiger partial charge in [-0.05, 0) is 18.2 Å². The summed E-state index contributed by atoms with van der Waals surface area (Å²) in [5.41, 5.74) is 0.833. The van der Waals surface area contributed by atoms with Gasteiger partial charge in [0.25, 0.3) is 0 Å². The third-order valence-electron chi connectivity index (χ3n) is 1.48. The zero-order valence-corrected chi connectivity index (χ0v) is 6.42. The van der Waals surface area contributed by atoms with E-state index in [2.05, 4.69) is 10.2 Å². The zero-order valence-electron chi connectivity index (χ0n) is 5.66. The van der Waals surface area contributed by atoms with Gasteiger partial charge in [0.15, 0.2) is 0 Å². The molecule has 0 amide bonds. The maximum absolute atomic E-state index is 5.75. The Morgan fingerprint density at radius 3 is 3.00 bits per heavy atom. The van der Waals surface area contributed by atoms with Gasteiger partial charge in [-0.15, -0.1) is 0 Å². The summed E-state index contributed by atoms with van der Waals surface area (Å²) in [7, 11) is 0. The van der Waals surface area contributed by atoms with Crippen LogP contribution in [0.5, 0.6) is 0 Å². The molecule has 11 heavy (non-hydrogen) atoms. The average molecular weight is 165 g/mol. The van der Waals surface area contributed by atoms with Crippen LogP contribution >= 0.6 is 11.6 Å². The highest BCUT2D eigenvalue weighted by Crippen LogP contribution is 2.15. The largest absolute Gasteiger partial charge is 0.159 e. The Bertz CT molecular complexity index is 387. The Hall–Kier alpha value is -1.15. The standard InChI is InChI=1S/C8H5ClN2/c9-7-2-1-6-3-4-10-11-8(6)5-7/h1-5H. The zero-order chi connectivity index (χ0) is 7.68. The van der Waals surface area contributed by atoms with Gasteiger partial charge < -0.3 is 0 Å². The van der Waals surface area contributed by atoms with Crippen LogP contribution in [-0.2, 0) is 0 Å². The van der Waals surface area contributed by atoms with Crippen molar-refractivity contribution in [3.05, 3.63) is 35.5 Å². The van der Waals surface area contributed by atoms with Gasteiger partial charge in [-0.3, -0.25) is 0 Å². The second-order valence-electron chi connectivity index (χ2n) is 2.23. The lowest BCUT2D eigenvalue weighted by molar-refractivity contribution is 1.08. The van der Waals surface area contributed by atoms with Crippen molar-refractivity contribution in [2.75, 3.05) is 0 Å². The highest BCUT2D eigenvalue weighted by atomic mass is 35.5. The Morgan fingerprint density at radius 2 is 2.09 bits per heavy atom. The van der Waals surface area contributed by atoms with E-state index in [9.17, 15) is 0 Å². The van der Waals surface area contributed by atoms with Gasteiger partial charge in [-0.2, -0.15) is 10.2 Å². The fourth-order valence-corrected chi connectivity index (χ4v) is 1.12. The summed E-state index contributed by atoms with van der Waals surface area (Å²) in [6, 6.07) is 7.46. The molecule has 2 nitrogen and oxygen atoms in total. The minimum Gasteiger partial charge on any atom is -0.159 e. The molecule has 0 saturated heterocycles. The van der Waals surface area contributed by atoms with Crippen LogP contribution in [-0.4, -0.2) is 10.2 Å². The van der Waals surface area contributed by atoms with E-state index in [4.69, 9.17) is 11.6 Å². The summed E-state index contributed by atoms with van der Waals surface area (Å²) in [6.07, 6.45) is 1.66. The molecule has 2 aromatic rings. The Labute approximate surface area is 68.8 Å². The summed E-state index contributed by atoms with van der Waals surface area (Å²) in [6.45, 7) is 0. The molecule has 0 N–H and O–H groups in total. The summed E-state index contributed by atoms with van der Waals surface area (Å²) >= 11 is 5.75. The predicted molar refractivity (Wildman–Crippen MR) is 44.5 cm³/mol. The first-order chi connectivity index (χ1) is 5.36. The number of hydrogen-bond acceptors (Lipinski definition) is 2. The molecule has 0 saturated carbocycles. The van der Waals surface area contributed by atoms with E-state index in [1.165, 1.54) is 0 Å². The van der Waals surface area contributed by atoms with Crippen LogP contribution in [0.15, 0.2) is 30.5 Å². The number of halogens is 1. The molecule has 2 rings (SSSR count). The maximum Gasteiger partial charge on any atom is 0.0944 e. The first kappa shape index (κ1) is 6.55. The van der Waals surface area contributed by atoms with Gasteiger partial charge in [0.05, 0.1) is 11.7 Å². The van der Waals surface area contributed by atoms with Crippen molar-refractivity contribution in [1.82, 2.24) is 10.2 Å². The molecular weight excluding hydrogens is 160 g/mol. The van der Waals surface area contributed by atoms with E-state index in [1.54, 1.807) is 12.3 Å². The van der Waals surface area contributed by atoms with Crippen molar-refractivity contribution in [2.45, 2.75) is 0 Å². The van der Waals surface area contributed by atoms with Crippen molar-refractivity contribution in [2.24, 2.45) is 0 Å². The number of hydrogen-bond donors (Lipinski definition) is 0. The molecule has 54 valence electrons. The molecule has 0 fully saturated rings. The Morgan fingerprint density at radius 1 is 1.18 bits per heavy atom. The predicted octanol–water partition coefficient (Wildman–Crippen LogP) is 2.28. The third kappa shape index (κ3) is 1.17. The monoisotopic (exact) mass is 164 g/mol. The molecule has 1 aromatic carbocycles. The van der Waals surface area contributed by atoms with E-state index < -0.39 is 0 Å². The molecule has 0 atom stereocenters. The molecule has 0 aliphatic heterocycles. The van der Waals surface area contributed by atoms with E-state index >= 15 is 0 Å². The molecular formula is C8H5ClN2. The minimum atomic E-state index is 0.693. The number of fused-ring (bicyclic) bond motifs is 1. The molecule has 1 aromatic heterocycles. The van der Waals surface area contributed by atoms with Crippen LogP contribution in [0.25, 0.3) is 10.9 Å². The lowest BCUT2D eigenvalue weighted by atomic mass is 10.2. The van der Waals surface area contributed by atoms with E-state index in [1.807, 2.05) is 18.2 Å². The SMILES string of the molecule is Clc1ccc2ccnnc2c1. The molecule has 0 radical (unpaired) electrons. The highest BCUT2D eigenvalue weighted by Gasteiger charge is 1.93. The van der Waals surface area contributed by atoms with Crippen LogP contribution in [0.2, 0.25) is 5.02 Å². The van der Waals surface area contributed by atoms with Gasteiger partial charge in [0.1, 0.15) is 0 Å². The highest BCUT2D eigenvalue weighted by molar-refractivity contribution is 6.31. The summed E-state index contributed by atoms with van der Waals surface area (Å²) in [5.74, 6) is 0. The summed E-state index contributed by atoms with van der Waals surface area (Å²) < 4.78 is 0. The van der Waals surface area contributed by atoms with Crippen LogP contribution in [0.4, 0.5) is 0 Å². The van der Waals surface area contributed by atoms with Crippen LogP contribution < -0.4 is 0 Å². The smallest absolute Gasteiger partial charge is 0.0944 e. The number of benzene rings is 1. The first-order valence-corrected chi connectivity index (χ1v) is 3.61. The fourth-order valence-electron chi connectivity index (χ4n) is 0.954. The van der Waals surface area contributed by atoms with Crippen molar-refractivity contribution in [3.63, 3.8) is 0 Å². The quantitative estimate of drug-likeness (QED) is 0.597. The average Bonchev–Trinajstić information content (AvgIpc) is 2.04. The lowest BCUT2D eigenvalue weighted by Crippen LogP contribution is -1.80. The van der Waals surface area contributed by atoms with Crippen molar-refractivity contribution in [3.8, 4) is 0 Å². The first-order valence-electron chi connectivity index (χ1n) is 3.23. The molecule has 0 spiro atoms. The maximum atomic E-state index is 5.75. The second kappa shape index (κ2) is 2.47. The van der Waals surface area contributed by atoms with Crippen molar-refractivity contribution in [1.29, 1.82) is 0 Å². The van der Waals surface area contributed by atoms with Crippen LogP contribution in [0, 0.1) is 0 Å². The van der Waals surface area contributed by atoms with E-state index in [-0.39, 0.29) is 0 Å². The molecule has 1 heterocycles. The summed E-state index contributed by atoms with van der Waals surface area (Å²) in [5, 5.41) is 9.41. The van der Waals surface area contributed by atoms with Crippen LogP contribution in [0.1, 0.15) is 0 Å². The Kier molecular flexibility index (Phi) is 1.47. The number of rotatable bonds is 0. The third-order valence-corrected chi connectivity index (χ3v) is 1.71. The molecule has 0 aliphatic carbocycles. The van der Waals surface area contributed by atoms with Crippen molar-refractivity contribution < 1.29 is 0 Å². The summed E-state index contributed by atoms with van der Waals surface area (Å²) in [4.78, 5) is 0. The van der Waals surface area contributed by atoms with E-state index in [0.717, 1.165) is 10.9 Å². The fraction of sp³-hybridized carbons (Fsp3) is 0. The van der Waals surface area contributed by atoms with Gasteiger partial charge in [0, 0.05) is 10.4 Å². The number of nitrogens with zero attached hydrogens (tertiary/aromatic N) is 2.